The van der Waals surface area contributed by atoms with Crippen molar-refractivity contribution in [1.82, 2.24) is 4.98 Å². The second-order valence-corrected chi connectivity index (χ2v) is 4.88. The van der Waals surface area contributed by atoms with Gasteiger partial charge in [0.15, 0.2) is 0 Å². The van der Waals surface area contributed by atoms with Crippen molar-refractivity contribution in [3.63, 3.8) is 0 Å². The largest absolute Gasteiger partial charge is 0.493 e. The number of hydrogen-bond donors (Lipinski definition) is 1. The number of rotatable bonds is 5. The molecule has 0 radical (unpaired) electrons. The first kappa shape index (κ1) is 13.5. The number of aryl methyl sites for hydroxylation is 1. The van der Waals surface area contributed by atoms with E-state index in [1.807, 2.05) is 6.92 Å². The van der Waals surface area contributed by atoms with Crippen LogP contribution < -0.4 is 4.74 Å². The van der Waals surface area contributed by atoms with Crippen LogP contribution >= 0.6 is 11.3 Å². The van der Waals surface area contributed by atoms with Crippen molar-refractivity contribution < 1.29 is 19.0 Å². The van der Waals surface area contributed by atoms with Crippen molar-refractivity contribution >= 4 is 17.3 Å². The number of aromatic carboxylic acids is 1. The van der Waals surface area contributed by atoms with Gasteiger partial charge in [0.1, 0.15) is 11.6 Å². The second-order valence-electron chi connectivity index (χ2n) is 3.94. The summed E-state index contributed by atoms with van der Waals surface area (Å²) in [6, 6.07) is 3.44. The average molecular weight is 281 g/mol. The summed E-state index contributed by atoms with van der Waals surface area (Å²) in [7, 11) is 0. The van der Waals surface area contributed by atoms with E-state index in [2.05, 4.69) is 4.98 Å². The van der Waals surface area contributed by atoms with Gasteiger partial charge in [-0.3, -0.25) is 0 Å². The van der Waals surface area contributed by atoms with Crippen LogP contribution in [0.5, 0.6) is 5.75 Å². The molecule has 6 heteroatoms. The van der Waals surface area contributed by atoms with Crippen LogP contribution in [0.15, 0.2) is 23.7 Å². The molecule has 1 aromatic heterocycles. The van der Waals surface area contributed by atoms with E-state index in [9.17, 15) is 9.18 Å². The number of thiazole rings is 1. The highest BCUT2D eigenvalue weighted by Gasteiger charge is 2.08. The van der Waals surface area contributed by atoms with Gasteiger partial charge in [0.2, 0.25) is 0 Å². The molecule has 0 bridgehead atoms. The Morgan fingerprint density at radius 3 is 2.89 bits per heavy atom. The number of carbonyl (C=O) groups is 1. The zero-order valence-corrected chi connectivity index (χ0v) is 11.0. The van der Waals surface area contributed by atoms with Gasteiger partial charge < -0.3 is 9.84 Å². The van der Waals surface area contributed by atoms with Gasteiger partial charge in [-0.2, -0.15) is 0 Å². The predicted octanol–water partition coefficient (Wildman–Crippen LogP) is 2.91. The van der Waals surface area contributed by atoms with Gasteiger partial charge >= 0.3 is 5.97 Å². The standard InChI is InChI=1S/C13H12FNO3S/c1-8-12(19-7-15-8)2-3-18-11-5-9(13(16)17)4-10(14)6-11/h4-7H,2-3H2,1H3,(H,16,17). The molecule has 19 heavy (non-hydrogen) atoms. The molecule has 4 nitrogen and oxygen atoms in total. The van der Waals surface area contributed by atoms with Crippen LogP contribution in [0.2, 0.25) is 0 Å². The Bertz CT molecular complexity index is 597. The molecule has 0 aliphatic carbocycles. The maximum Gasteiger partial charge on any atom is 0.335 e. The molecular weight excluding hydrogens is 269 g/mol. The minimum Gasteiger partial charge on any atom is -0.493 e. The summed E-state index contributed by atoms with van der Waals surface area (Å²) in [4.78, 5) is 16.0. The first-order chi connectivity index (χ1) is 9.06. The lowest BCUT2D eigenvalue weighted by Gasteiger charge is -2.06. The lowest BCUT2D eigenvalue weighted by atomic mass is 10.2. The molecule has 0 fully saturated rings. The molecule has 0 amide bonds. The fourth-order valence-electron chi connectivity index (χ4n) is 1.60. The van der Waals surface area contributed by atoms with Crippen LogP contribution in [0.25, 0.3) is 0 Å². The molecule has 0 spiro atoms. The van der Waals surface area contributed by atoms with Crippen molar-refractivity contribution in [3.8, 4) is 5.75 Å². The number of halogens is 1. The van der Waals surface area contributed by atoms with Crippen molar-refractivity contribution in [2.45, 2.75) is 13.3 Å². The maximum absolute atomic E-state index is 13.2. The first-order valence-electron chi connectivity index (χ1n) is 5.62. The fraction of sp³-hybridized carbons (Fsp3) is 0.231. The third-order valence-corrected chi connectivity index (χ3v) is 3.56. The first-order valence-corrected chi connectivity index (χ1v) is 6.50. The second kappa shape index (κ2) is 5.79. The maximum atomic E-state index is 13.2. The van der Waals surface area contributed by atoms with Crippen molar-refractivity contribution in [2.75, 3.05) is 6.61 Å². The number of carboxylic acids is 1. The minimum absolute atomic E-state index is 0.121. The van der Waals surface area contributed by atoms with Gasteiger partial charge in [0.05, 0.1) is 23.4 Å². The third-order valence-electron chi connectivity index (χ3n) is 2.56. The lowest BCUT2D eigenvalue weighted by molar-refractivity contribution is 0.0695. The van der Waals surface area contributed by atoms with Gasteiger partial charge in [-0.1, -0.05) is 0 Å². The van der Waals surface area contributed by atoms with E-state index in [0.717, 1.165) is 16.6 Å². The average Bonchev–Trinajstić information content (AvgIpc) is 2.74. The zero-order chi connectivity index (χ0) is 13.8. The summed E-state index contributed by atoms with van der Waals surface area (Å²) in [5, 5.41) is 8.82. The van der Waals surface area contributed by atoms with Gasteiger partial charge in [-0.15, -0.1) is 11.3 Å². The number of carboxylic acid groups (broad SMARTS) is 1. The van der Waals surface area contributed by atoms with Crippen molar-refractivity contribution in [1.29, 1.82) is 0 Å². The Labute approximate surface area is 113 Å². The summed E-state index contributed by atoms with van der Waals surface area (Å²) >= 11 is 1.54. The molecule has 0 aliphatic rings. The van der Waals surface area contributed by atoms with Crippen LogP contribution in [0.4, 0.5) is 4.39 Å². The Hall–Kier alpha value is -1.95. The van der Waals surface area contributed by atoms with Crippen LogP contribution in [-0.4, -0.2) is 22.7 Å². The van der Waals surface area contributed by atoms with Gasteiger partial charge in [-0.25, -0.2) is 14.2 Å². The van der Waals surface area contributed by atoms with E-state index in [1.165, 1.54) is 23.5 Å². The number of ether oxygens (including phenoxy) is 1. The predicted molar refractivity (Wildman–Crippen MR) is 69.4 cm³/mol. The molecule has 100 valence electrons. The number of benzene rings is 1. The third kappa shape index (κ3) is 3.51. The molecule has 0 aliphatic heterocycles. The zero-order valence-electron chi connectivity index (χ0n) is 10.2. The molecule has 2 rings (SSSR count). The molecule has 0 saturated heterocycles. The summed E-state index contributed by atoms with van der Waals surface area (Å²) in [5.74, 6) is -1.58. The van der Waals surface area contributed by atoms with E-state index in [1.54, 1.807) is 5.51 Å². The highest BCUT2D eigenvalue weighted by atomic mass is 32.1. The fourth-order valence-corrected chi connectivity index (χ4v) is 2.36. The summed E-state index contributed by atoms with van der Waals surface area (Å²) in [6.07, 6.45) is 0.662. The van der Waals surface area contributed by atoms with Crippen molar-refractivity contribution in [3.05, 3.63) is 45.7 Å². The van der Waals surface area contributed by atoms with Crippen molar-refractivity contribution in [2.24, 2.45) is 0 Å². The highest BCUT2D eigenvalue weighted by molar-refractivity contribution is 7.09. The SMILES string of the molecule is Cc1ncsc1CCOc1cc(F)cc(C(=O)O)c1. The Morgan fingerprint density at radius 2 is 2.26 bits per heavy atom. The van der Waals surface area contributed by atoms with Crippen LogP contribution in [0, 0.1) is 12.7 Å². The molecular formula is C13H12FNO3S. The van der Waals surface area contributed by atoms with E-state index >= 15 is 0 Å². The monoisotopic (exact) mass is 281 g/mol. The quantitative estimate of drug-likeness (QED) is 0.915. The number of nitrogens with zero attached hydrogens (tertiary/aromatic N) is 1. The molecule has 0 unspecified atom stereocenters. The van der Waals surface area contributed by atoms with Gasteiger partial charge in [-0.05, 0) is 19.1 Å². The van der Waals surface area contributed by atoms with E-state index in [-0.39, 0.29) is 11.3 Å². The number of aromatic nitrogens is 1. The highest BCUT2D eigenvalue weighted by Crippen LogP contribution is 2.18. The Kier molecular flexibility index (Phi) is 4.11. The van der Waals surface area contributed by atoms with Gasteiger partial charge in [0.25, 0.3) is 0 Å². The van der Waals surface area contributed by atoms with Gasteiger partial charge in [0, 0.05) is 17.4 Å². The van der Waals surface area contributed by atoms with Crippen LogP contribution in [-0.2, 0) is 6.42 Å². The normalized spacial score (nSPS) is 10.4. The van der Waals surface area contributed by atoms with Crippen LogP contribution in [0.1, 0.15) is 20.9 Å². The Morgan fingerprint density at radius 1 is 1.47 bits per heavy atom. The molecule has 1 heterocycles. The van der Waals surface area contributed by atoms with Crippen LogP contribution in [0.3, 0.4) is 0 Å². The smallest absolute Gasteiger partial charge is 0.335 e. The van der Waals surface area contributed by atoms with E-state index < -0.39 is 11.8 Å². The topological polar surface area (TPSA) is 59.4 Å². The molecule has 1 N–H and O–H groups in total. The van der Waals surface area contributed by atoms with E-state index in [0.29, 0.717) is 13.0 Å². The summed E-state index contributed by atoms with van der Waals surface area (Å²) in [6.45, 7) is 2.27. The summed E-state index contributed by atoms with van der Waals surface area (Å²) < 4.78 is 18.6. The molecule has 0 atom stereocenters. The molecule has 0 saturated carbocycles. The molecule has 1 aromatic carbocycles. The lowest BCUT2D eigenvalue weighted by Crippen LogP contribution is -2.03. The minimum atomic E-state index is -1.18. The number of hydrogen-bond acceptors (Lipinski definition) is 4. The Balaban J connectivity index is 2.00. The molecule has 2 aromatic rings. The van der Waals surface area contributed by atoms with E-state index in [4.69, 9.17) is 9.84 Å². The summed E-state index contributed by atoms with van der Waals surface area (Å²) in [5.41, 5.74) is 2.60.